The Balaban J connectivity index is 1.43. The minimum absolute atomic E-state index is 0.0251. The molecule has 8 nitrogen and oxygen atoms in total. The third-order valence-electron chi connectivity index (χ3n) is 5.12. The van der Waals surface area contributed by atoms with Gasteiger partial charge in [0.1, 0.15) is 10.7 Å². The number of amides is 4. The maximum atomic E-state index is 12.8. The molecule has 178 valence electrons. The van der Waals surface area contributed by atoms with E-state index >= 15 is 0 Å². The number of rotatable bonds is 10. The van der Waals surface area contributed by atoms with Gasteiger partial charge in [0.2, 0.25) is 11.8 Å². The van der Waals surface area contributed by atoms with Crippen molar-refractivity contribution in [1.82, 2.24) is 15.2 Å². The van der Waals surface area contributed by atoms with Gasteiger partial charge in [0.15, 0.2) is 4.34 Å². The van der Waals surface area contributed by atoms with E-state index in [4.69, 9.17) is 0 Å². The van der Waals surface area contributed by atoms with Crippen LogP contribution in [0.25, 0.3) is 11.3 Å². The summed E-state index contributed by atoms with van der Waals surface area (Å²) < 4.78 is 0.633. The van der Waals surface area contributed by atoms with Gasteiger partial charge in [-0.2, -0.15) is 0 Å². The Hall–Kier alpha value is -3.76. The molecule has 1 aromatic heterocycles. The van der Waals surface area contributed by atoms with Crippen LogP contribution in [0.15, 0.2) is 71.6 Å². The molecule has 0 atom stereocenters. The zero-order valence-electron chi connectivity index (χ0n) is 18.7. The van der Waals surface area contributed by atoms with Gasteiger partial charge in [-0.15, -0.1) is 6.58 Å². The lowest BCUT2D eigenvalue weighted by molar-refractivity contribution is -0.118. The van der Waals surface area contributed by atoms with E-state index in [0.717, 1.165) is 10.5 Å². The summed E-state index contributed by atoms with van der Waals surface area (Å²) in [4.78, 5) is 55.5. The number of thioether (sulfide) groups is 1. The first-order valence-electron chi connectivity index (χ1n) is 10.8. The van der Waals surface area contributed by atoms with Crippen LogP contribution in [0, 0.1) is 0 Å². The zero-order chi connectivity index (χ0) is 24.8. The molecule has 2 aromatic carbocycles. The van der Waals surface area contributed by atoms with E-state index in [9.17, 15) is 19.2 Å². The molecule has 1 aliphatic rings. The number of nitrogens with zero attached hydrogens (tertiary/aromatic N) is 2. The van der Waals surface area contributed by atoms with Crippen molar-refractivity contribution >= 4 is 51.7 Å². The molecular weight excluding hydrogens is 484 g/mol. The first-order chi connectivity index (χ1) is 17.0. The fraction of sp³-hybridized carbons (Fsp3) is 0.160. The number of hydrogen-bond donors (Lipinski definition) is 2. The van der Waals surface area contributed by atoms with E-state index in [1.165, 1.54) is 23.1 Å². The highest BCUT2D eigenvalue weighted by atomic mass is 32.2. The van der Waals surface area contributed by atoms with Crippen molar-refractivity contribution in [2.45, 2.75) is 10.8 Å². The van der Waals surface area contributed by atoms with Crippen molar-refractivity contribution < 1.29 is 19.2 Å². The molecule has 2 N–H and O–H groups in total. The van der Waals surface area contributed by atoms with Crippen LogP contribution in [0.1, 0.15) is 27.1 Å². The van der Waals surface area contributed by atoms with E-state index in [-0.39, 0.29) is 30.5 Å². The van der Waals surface area contributed by atoms with Crippen molar-refractivity contribution in [3.63, 3.8) is 0 Å². The fourth-order valence-electron chi connectivity index (χ4n) is 3.45. The van der Waals surface area contributed by atoms with Crippen molar-refractivity contribution in [2.75, 3.05) is 24.2 Å². The average Bonchev–Trinajstić information content (AvgIpc) is 3.39. The van der Waals surface area contributed by atoms with Crippen LogP contribution in [0.5, 0.6) is 0 Å². The second-order valence-electron chi connectivity index (χ2n) is 7.51. The van der Waals surface area contributed by atoms with Crippen molar-refractivity contribution in [1.29, 1.82) is 0 Å². The van der Waals surface area contributed by atoms with Gasteiger partial charge in [-0.1, -0.05) is 71.6 Å². The Kier molecular flexibility index (Phi) is 7.74. The number of carbonyl (C=O) groups is 4. The lowest BCUT2D eigenvalue weighted by atomic mass is 10.1. The number of nitrogens with one attached hydrogen (secondary N) is 2. The summed E-state index contributed by atoms with van der Waals surface area (Å²) in [6.07, 6.45) is 1.55. The number of hydrogen-bond acceptors (Lipinski definition) is 7. The summed E-state index contributed by atoms with van der Waals surface area (Å²) in [6.45, 7) is 3.94. The number of benzene rings is 2. The topological polar surface area (TPSA) is 108 Å². The molecule has 3 aromatic rings. The average molecular weight is 507 g/mol. The second-order valence-corrected chi connectivity index (χ2v) is 9.73. The minimum Gasteiger partial charge on any atom is -0.352 e. The highest BCUT2D eigenvalue weighted by molar-refractivity contribution is 8.01. The third kappa shape index (κ3) is 5.67. The monoisotopic (exact) mass is 506 g/mol. The molecule has 0 radical (unpaired) electrons. The standard InChI is InChI=1S/C25H22N4O4S2/c1-2-13-26-20(31)15-34-25-28-21(16-8-4-3-5-9-16)22(35-25)27-19(30)12-14-29-23(32)17-10-6-7-11-18(17)24(29)33/h2-11H,1,12-15H2,(H,26,31)(H,27,30). The lowest BCUT2D eigenvalue weighted by Gasteiger charge is -2.13. The van der Waals surface area contributed by atoms with Crippen molar-refractivity contribution in [3.8, 4) is 11.3 Å². The fourth-order valence-corrected chi connectivity index (χ4v) is 5.36. The zero-order valence-corrected chi connectivity index (χ0v) is 20.3. The molecule has 35 heavy (non-hydrogen) atoms. The maximum Gasteiger partial charge on any atom is 0.261 e. The molecule has 0 bridgehead atoms. The Bertz CT molecular complexity index is 1250. The van der Waals surface area contributed by atoms with Gasteiger partial charge in [-0.25, -0.2) is 4.98 Å². The van der Waals surface area contributed by atoms with E-state index in [1.807, 2.05) is 30.3 Å². The van der Waals surface area contributed by atoms with Gasteiger partial charge in [0.05, 0.1) is 16.9 Å². The maximum absolute atomic E-state index is 12.8. The van der Waals surface area contributed by atoms with Crippen LogP contribution in [-0.2, 0) is 9.59 Å². The molecule has 0 spiro atoms. The molecule has 0 fully saturated rings. The summed E-state index contributed by atoms with van der Waals surface area (Å²) in [5.74, 6) is -1.09. The van der Waals surface area contributed by atoms with Crippen LogP contribution in [0.4, 0.5) is 5.00 Å². The molecule has 10 heteroatoms. The van der Waals surface area contributed by atoms with Crippen molar-refractivity contribution in [3.05, 3.63) is 78.4 Å². The van der Waals surface area contributed by atoms with E-state index < -0.39 is 11.8 Å². The SMILES string of the molecule is C=CCNC(=O)CSc1nc(-c2ccccc2)c(NC(=O)CCN2C(=O)c3ccccc3C2=O)s1. The molecule has 0 saturated carbocycles. The summed E-state index contributed by atoms with van der Waals surface area (Å²) >= 11 is 2.55. The minimum atomic E-state index is -0.394. The van der Waals surface area contributed by atoms with E-state index in [2.05, 4.69) is 22.2 Å². The first kappa shape index (κ1) is 24.4. The van der Waals surface area contributed by atoms with Gasteiger partial charge >= 0.3 is 0 Å². The number of thiazole rings is 1. The molecule has 4 rings (SSSR count). The Labute approximate surface area is 210 Å². The number of imide groups is 1. The lowest BCUT2D eigenvalue weighted by Crippen LogP contribution is -2.32. The quantitative estimate of drug-likeness (QED) is 0.246. The Morgan fingerprint density at radius 3 is 2.31 bits per heavy atom. The molecule has 0 unspecified atom stereocenters. The highest BCUT2D eigenvalue weighted by Crippen LogP contribution is 2.37. The molecule has 0 aliphatic carbocycles. The van der Waals surface area contributed by atoms with Gasteiger partial charge in [-0.3, -0.25) is 24.1 Å². The summed E-state index contributed by atoms with van der Waals surface area (Å²) in [5, 5.41) is 6.12. The van der Waals surface area contributed by atoms with Gasteiger partial charge in [0, 0.05) is 25.1 Å². The normalized spacial score (nSPS) is 12.4. The highest BCUT2D eigenvalue weighted by Gasteiger charge is 2.35. The number of aromatic nitrogens is 1. The van der Waals surface area contributed by atoms with Gasteiger partial charge in [0.25, 0.3) is 11.8 Å². The Morgan fingerprint density at radius 2 is 1.66 bits per heavy atom. The number of anilines is 1. The molecule has 1 aliphatic heterocycles. The predicted octanol–water partition coefficient (Wildman–Crippen LogP) is 3.83. The summed E-state index contributed by atoms with van der Waals surface area (Å²) in [7, 11) is 0. The van der Waals surface area contributed by atoms with E-state index in [1.54, 1.807) is 30.3 Å². The third-order valence-corrected chi connectivity index (χ3v) is 7.23. The largest absolute Gasteiger partial charge is 0.352 e. The van der Waals surface area contributed by atoms with Crippen LogP contribution < -0.4 is 10.6 Å². The van der Waals surface area contributed by atoms with Crippen LogP contribution in [-0.4, -0.2) is 52.4 Å². The van der Waals surface area contributed by atoms with E-state index in [0.29, 0.717) is 32.7 Å². The van der Waals surface area contributed by atoms with Crippen LogP contribution in [0.3, 0.4) is 0 Å². The van der Waals surface area contributed by atoms with Crippen LogP contribution in [0.2, 0.25) is 0 Å². The van der Waals surface area contributed by atoms with Crippen LogP contribution >= 0.6 is 23.1 Å². The molecule has 2 heterocycles. The molecular formula is C25H22N4O4S2. The van der Waals surface area contributed by atoms with Crippen molar-refractivity contribution in [2.24, 2.45) is 0 Å². The first-order valence-corrected chi connectivity index (χ1v) is 12.6. The smallest absolute Gasteiger partial charge is 0.261 e. The van der Waals surface area contributed by atoms with Gasteiger partial charge < -0.3 is 10.6 Å². The number of carbonyl (C=O) groups excluding carboxylic acids is 4. The molecule has 0 saturated heterocycles. The second kappa shape index (κ2) is 11.1. The molecule has 4 amide bonds. The number of fused-ring (bicyclic) bond motifs is 1. The Morgan fingerprint density at radius 1 is 1.00 bits per heavy atom. The summed E-state index contributed by atoms with van der Waals surface area (Å²) in [6, 6.07) is 16.0. The van der Waals surface area contributed by atoms with Gasteiger partial charge in [-0.05, 0) is 12.1 Å². The summed E-state index contributed by atoms with van der Waals surface area (Å²) in [5.41, 5.74) is 2.12. The predicted molar refractivity (Wildman–Crippen MR) is 137 cm³/mol.